The maximum Gasteiger partial charge on any atom is 0.349 e. The number of aliphatic hydroxyl groups is 1. The molecule has 1 aliphatic rings. The first-order valence-corrected chi connectivity index (χ1v) is 7.18. The molecule has 5 nitrogen and oxygen atoms in total. The average molecular weight is 292 g/mol. The van der Waals surface area contributed by atoms with Crippen LogP contribution in [0.1, 0.15) is 40.5 Å². The number of hydrogen-bond donors (Lipinski definition) is 2. The van der Waals surface area contributed by atoms with Gasteiger partial charge in [-0.25, -0.2) is 4.79 Å². The van der Waals surface area contributed by atoms with Gasteiger partial charge in [0.15, 0.2) is 0 Å². The number of allylic oxidation sites excluding steroid dienone is 3. The second-order valence-electron chi connectivity index (χ2n) is 6.30. The number of carbonyl (C=O) groups excluding carboxylic acids is 1. The minimum atomic E-state index is -0.571. The summed E-state index contributed by atoms with van der Waals surface area (Å²) in [7, 11) is 0. The summed E-state index contributed by atoms with van der Waals surface area (Å²) in [5.74, 6) is -0.571. The Morgan fingerprint density at radius 3 is 2.71 bits per heavy atom. The Kier molecular flexibility index (Phi) is 5.98. The third-order valence-corrected chi connectivity index (χ3v) is 3.13. The number of rotatable bonds is 5. The van der Waals surface area contributed by atoms with Crippen LogP contribution < -0.4 is 5.32 Å². The van der Waals surface area contributed by atoms with Crippen LogP contribution in [0.2, 0.25) is 0 Å². The molecule has 0 aromatic carbocycles. The summed E-state index contributed by atoms with van der Waals surface area (Å²) in [6, 6.07) is 1.97. The quantitative estimate of drug-likeness (QED) is 0.460. The van der Waals surface area contributed by atoms with Gasteiger partial charge in [-0.2, -0.15) is 5.26 Å². The average Bonchev–Trinajstić information content (AvgIpc) is 2.34. The molecule has 1 aliphatic carbocycles. The summed E-state index contributed by atoms with van der Waals surface area (Å²) in [6.45, 7) is 8.18. The van der Waals surface area contributed by atoms with E-state index in [1.165, 1.54) is 0 Å². The fourth-order valence-corrected chi connectivity index (χ4v) is 2.42. The van der Waals surface area contributed by atoms with Crippen LogP contribution in [0.25, 0.3) is 0 Å². The zero-order valence-electron chi connectivity index (χ0n) is 13.2. The standard InChI is InChI=1S/C16H24N2O3/c1-11(2)21-15(20)14(10-17)12-7-13(18-5-6-19)9-16(3,4)8-12/h7,11,18-19H,5-6,8-9H2,1-4H3/b14-12+. The molecule has 116 valence electrons. The van der Waals surface area contributed by atoms with Gasteiger partial charge in [0.1, 0.15) is 11.6 Å². The number of aliphatic hydroxyl groups excluding tert-OH is 1. The third kappa shape index (κ3) is 5.24. The van der Waals surface area contributed by atoms with Crippen LogP contribution >= 0.6 is 0 Å². The Labute approximate surface area is 126 Å². The van der Waals surface area contributed by atoms with Gasteiger partial charge < -0.3 is 15.2 Å². The van der Waals surface area contributed by atoms with Crippen molar-refractivity contribution in [1.82, 2.24) is 5.32 Å². The second-order valence-corrected chi connectivity index (χ2v) is 6.30. The molecule has 0 aromatic heterocycles. The van der Waals surface area contributed by atoms with Crippen molar-refractivity contribution in [2.24, 2.45) is 5.41 Å². The molecule has 0 atom stereocenters. The van der Waals surface area contributed by atoms with Crippen molar-refractivity contribution in [3.63, 3.8) is 0 Å². The fourth-order valence-electron chi connectivity index (χ4n) is 2.42. The SMILES string of the molecule is CC(C)OC(=O)/C(C#N)=C1\C=C(NCCO)CC(C)(C)C1. The summed E-state index contributed by atoms with van der Waals surface area (Å²) in [5, 5.41) is 21.3. The van der Waals surface area contributed by atoms with Crippen LogP contribution in [0.5, 0.6) is 0 Å². The van der Waals surface area contributed by atoms with Crippen LogP contribution in [0.4, 0.5) is 0 Å². The number of esters is 1. The van der Waals surface area contributed by atoms with Crippen molar-refractivity contribution in [2.45, 2.75) is 46.6 Å². The van der Waals surface area contributed by atoms with Gasteiger partial charge in [0.2, 0.25) is 0 Å². The number of nitrogens with one attached hydrogen (secondary N) is 1. The minimum absolute atomic E-state index is 0.0390. The predicted octanol–water partition coefficient (Wildman–Crippen LogP) is 2.04. The first-order valence-electron chi connectivity index (χ1n) is 7.18. The van der Waals surface area contributed by atoms with Crippen LogP contribution in [0.3, 0.4) is 0 Å². The molecule has 0 heterocycles. The topological polar surface area (TPSA) is 82.4 Å². The van der Waals surface area contributed by atoms with Crippen molar-refractivity contribution in [3.05, 3.63) is 22.9 Å². The van der Waals surface area contributed by atoms with E-state index in [-0.39, 0.29) is 23.7 Å². The van der Waals surface area contributed by atoms with Gasteiger partial charge in [0, 0.05) is 12.2 Å². The molecule has 0 amide bonds. The lowest BCUT2D eigenvalue weighted by Gasteiger charge is -2.32. The molecule has 0 fully saturated rings. The van der Waals surface area contributed by atoms with Crippen LogP contribution in [0, 0.1) is 16.7 Å². The number of nitriles is 1. The minimum Gasteiger partial charge on any atom is -0.459 e. The number of ether oxygens (including phenoxy) is 1. The highest BCUT2D eigenvalue weighted by Gasteiger charge is 2.29. The lowest BCUT2D eigenvalue weighted by atomic mass is 9.76. The maximum atomic E-state index is 12.0. The Morgan fingerprint density at radius 2 is 2.19 bits per heavy atom. The lowest BCUT2D eigenvalue weighted by molar-refractivity contribution is -0.142. The van der Waals surface area contributed by atoms with Crippen molar-refractivity contribution < 1.29 is 14.6 Å². The van der Waals surface area contributed by atoms with Crippen molar-refractivity contribution >= 4 is 5.97 Å². The van der Waals surface area contributed by atoms with Gasteiger partial charge in [-0.15, -0.1) is 0 Å². The van der Waals surface area contributed by atoms with E-state index in [9.17, 15) is 10.1 Å². The first-order chi connectivity index (χ1) is 9.79. The van der Waals surface area contributed by atoms with Crippen LogP contribution in [0.15, 0.2) is 22.9 Å². The molecule has 0 saturated carbocycles. The van der Waals surface area contributed by atoms with E-state index in [4.69, 9.17) is 9.84 Å². The zero-order chi connectivity index (χ0) is 16.0. The zero-order valence-corrected chi connectivity index (χ0v) is 13.2. The highest BCUT2D eigenvalue weighted by atomic mass is 16.5. The second kappa shape index (κ2) is 7.28. The predicted molar refractivity (Wildman–Crippen MR) is 80.1 cm³/mol. The van der Waals surface area contributed by atoms with Crippen LogP contribution in [-0.2, 0) is 9.53 Å². The molecule has 1 rings (SSSR count). The fraction of sp³-hybridized carbons (Fsp3) is 0.625. The smallest absolute Gasteiger partial charge is 0.349 e. The molecule has 5 heteroatoms. The molecule has 0 saturated heterocycles. The van der Waals surface area contributed by atoms with Gasteiger partial charge in [0.25, 0.3) is 0 Å². The Bertz CT molecular complexity index is 496. The Morgan fingerprint density at radius 1 is 1.52 bits per heavy atom. The van der Waals surface area contributed by atoms with E-state index in [2.05, 4.69) is 19.2 Å². The van der Waals surface area contributed by atoms with Crippen molar-refractivity contribution in [2.75, 3.05) is 13.2 Å². The molecule has 0 aliphatic heterocycles. The van der Waals surface area contributed by atoms with Crippen LogP contribution in [-0.4, -0.2) is 30.3 Å². The molecule has 0 aromatic rings. The monoisotopic (exact) mass is 292 g/mol. The summed E-state index contributed by atoms with van der Waals surface area (Å²) in [6.07, 6.45) is 3.04. The molecular formula is C16H24N2O3. The largest absolute Gasteiger partial charge is 0.459 e. The van der Waals surface area contributed by atoms with E-state index in [1.807, 2.05) is 12.1 Å². The molecular weight excluding hydrogens is 268 g/mol. The van der Waals surface area contributed by atoms with E-state index in [0.29, 0.717) is 18.5 Å². The molecule has 21 heavy (non-hydrogen) atoms. The van der Waals surface area contributed by atoms with Gasteiger partial charge in [-0.3, -0.25) is 0 Å². The first kappa shape index (κ1) is 17.3. The molecule has 0 spiro atoms. The molecule has 0 radical (unpaired) electrons. The van der Waals surface area contributed by atoms with Crippen molar-refractivity contribution in [3.8, 4) is 6.07 Å². The molecule has 2 N–H and O–H groups in total. The number of nitrogens with zero attached hydrogens (tertiary/aromatic N) is 1. The summed E-state index contributed by atoms with van der Waals surface area (Å²) in [5.41, 5.74) is 1.64. The number of hydrogen-bond acceptors (Lipinski definition) is 5. The molecule has 0 unspecified atom stereocenters. The summed E-state index contributed by atoms with van der Waals surface area (Å²) < 4.78 is 5.13. The van der Waals surface area contributed by atoms with Gasteiger partial charge in [-0.1, -0.05) is 13.8 Å². The third-order valence-electron chi connectivity index (χ3n) is 3.13. The van der Waals surface area contributed by atoms with E-state index in [0.717, 1.165) is 12.1 Å². The van der Waals surface area contributed by atoms with E-state index < -0.39 is 5.97 Å². The Hall–Kier alpha value is -1.80. The number of carbonyl (C=O) groups is 1. The summed E-state index contributed by atoms with van der Waals surface area (Å²) >= 11 is 0. The highest BCUT2D eigenvalue weighted by Crippen LogP contribution is 2.38. The Balaban J connectivity index is 3.12. The molecule has 0 bridgehead atoms. The maximum absolute atomic E-state index is 12.0. The normalized spacial score (nSPS) is 19.6. The van der Waals surface area contributed by atoms with Crippen molar-refractivity contribution in [1.29, 1.82) is 5.26 Å². The van der Waals surface area contributed by atoms with Gasteiger partial charge in [-0.05, 0) is 43.8 Å². The van der Waals surface area contributed by atoms with Gasteiger partial charge >= 0.3 is 5.97 Å². The lowest BCUT2D eigenvalue weighted by Crippen LogP contribution is -2.27. The highest BCUT2D eigenvalue weighted by molar-refractivity contribution is 5.94. The van der Waals surface area contributed by atoms with E-state index >= 15 is 0 Å². The van der Waals surface area contributed by atoms with Gasteiger partial charge in [0.05, 0.1) is 12.7 Å². The summed E-state index contributed by atoms with van der Waals surface area (Å²) in [4.78, 5) is 12.0. The van der Waals surface area contributed by atoms with E-state index in [1.54, 1.807) is 13.8 Å².